The number of hydrogen-bond acceptors (Lipinski definition) is 3. The van der Waals surface area contributed by atoms with Crippen LogP contribution < -0.4 is 10.1 Å². The van der Waals surface area contributed by atoms with Crippen LogP contribution in [0.25, 0.3) is 0 Å². The van der Waals surface area contributed by atoms with E-state index in [9.17, 15) is 0 Å². The summed E-state index contributed by atoms with van der Waals surface area (Å²) in [6, 6.07) is 6.49. The van der Waals surface area contributed by atoms with Gasteiger partial charge in [0.2, 0.25) is 0 Å². The zero-order chi connectivity index (χ0) is 11.4. The number of rotatable bonds is 3. The van der Waals surface area contributed by atoms with Crippen molar-refractivity contribution in [3.8, 4) is 5.75 Å². The second-order valence-electron chi connectivity index (χ2n) is 4.11. The van der Waals surface area contributed by atoms with E-state index in [0.717, 1.165) is 18.8 Å². The van der Waals surface area contributed by atoms with Crippen LogP contribution in [-0.4, -0.2) is 26.5 Å². The molecule has 0 spiro atoms. The molecule has 1 aromatic rings. The fraction of sp³-hybridized carbons (Fsp3) is 0.538. The lowest BCUT2D eigenvalue weighted by atomic mass is 9.89. The standard InChI is InChI=1S/C13H19NOS/c1-15-13-11(4-3-5-12(13)16-2)10-6-8-14-9-7-10/h3-5,10,14H,6-9H2,1-2H3. The molecule has 1 aliphatic heterocycles. The molecule has 1 heterocycles. The molecule has 2 rings (SSSR count). The molecule has 0 bridgehead atoms. The molecule has 16 heavy (non-hydrogen) atoms. The van der Waals surface area contributed by atoms with Crippen LogP contribution >= 0.6 is 11.8 Å². The monoisotopic (exact) mass is 237 g/mol. The fourth-order valence-corrected chi connectivity index (χ4v) is 2.97. The van der Waals surface area contributed by atoms with Gasteiger partial charge in [-0.05, 0) is 49.7 Å². The van der Waals surface area contributed by atoms with E-state index in [2.05, 4.69) is 29.8 Å². The van der Waals surface area contributed by atoms with E-state index in [0.29, 0.717) is 5.92 Å². The summed E-state index contributed by atoms with van der Waals surface area (Å²) in [7, 11) is 1.78. The van der Waals surface area contributed by atoms with E-state index in [1.807, 2.05) is 0 Å². The van der Waals surface area contributed by atoms with Gasteiger partial charge in [0, 0.05) is 4.90 Å². The zero-order valence-electron chi connectivity index (χ0n) is 9.95. The highest BCUT2D eigenvalue weighted by molar-refractivity contribution is 7.98. The predicted molar refractivity (Wildman–Crippen MR) is 69.6 cm³/mol. The molecule has 1 aromatic carbocycles. The average Bonchev–Trinajstić information content (AvgIpc) is 2.38. The molecule has 0 aromatic heterocycles. The van der Waals surface area contributed by atoms with Crippen LogP contribution in [0.1, 0.15) is 24.3 Å². The van der Waals surface area contributed by atoms with Gasteiger partial charge in [-0.15, -0.1) is 11.8 Å². The second-order valence-corrected chi connectivity index (χ2v) is 4.96. The van der Waals surface area contributed by atoms with E-state index in [-0.39, 0.29) is 0 Å². The van der Waals surface area contributed by atoms with Crippen molar-refractivity contribution < 1.29 is 4.74 Å². The highest BCUT2D eigenvalue weighted by Crippen LogP contribution is 2.38. The van der Waals surface area contributed by atoms with Crippen LogP contribution in [0.2, 0.25) is 0 Å². The third-order valence-corrected chi connectivity index (χ3v) is 3.97. The van der Waals surface area contributed by atoms with Gasteiger partial charge in [-0.1, -0.05) is 12.1 Å². The van der Waals surface area contributed by atoms with Crippen molar-refractivity contribution in [2.24, 2.45) is 0 Å². The topological polar surface area (TPSA) is 21.3 Å². The quantitative estimate of drug-likeness (QED) is 0.817. The number of hydrogen-bond donors (Lipinski definition) is 1. The van der Waals surface area contributed by atoms with Crippen LogP contribution in [-0.2, 0) is 0 Å². The summed E-state index contributed by atoms with van der Waals surface area (Å²) in [5.74, 6) is 1.74. The van der Waals surface area contributed by atoms with Crippen LogP contribution in [0.3, 0.4) is 0 Å². The van der Waals surface area contributed by atoms with E-state index in [1.54, 1.807) is 18.9 Å². The van der Waals surface area contributed by atoms with Gasteiger partial charge in [-0.3, -0.25) is 0 Å². The molecule has 1 saturated heterocycles. The summed E-state index contributed by atoms with van der Waals surface area (Å²) < 4.78 is 5.58. The van der Waals surface area contributed by atoms with Crippen molar-refractivity contribution in [1.82, 2.24) is 5.32 Å². The van der Waals surface area contributed by atoms with E-state index < -0.39 is 0 Å². The Morgan fingerprint density at radius 1 is 1.31 bits per heavy atom. The van der Waals surface area contributed by atoms with E-state index >= 15 is 0 Å². The first-order chi connectivity index (χ1) is 7.86. The Kier molecular flexibility index (Phi) is 4.13. The molecule has 3 heteroatoms. The molecule has 0 radical (unpaired) electrons. The van der Waals surface area contributed by atoms with Gasteiger partial charge in [0.05, 0.1) is 7.11 Å². The van der Waals surface area contributed by atoms with Gasteiger partial charge < -0.3 is 10.1 Å². The third kappa shape index (κ3) is 2.36. The lowest BCUT2D eigenvalue weighted by molar-refractivity contribution is 0.383. The van der Waals surface area contributed by atoms with Crippen molar-refractivity contribution in [1.29, 1.82) is 0 Å². The van der Waals surface area contributed by atoms with Crippen LogP contribution in [0.4, 0.5) is 0 Å². The predicted octanol–water partition coefficient (Wildman–Crippen LogP) is 2.88. The Morgan fingerprint density at radius 2 is 2.06 bits per heavy atom. The van der Waals surface area contributed by atoms with Crippen molar-refractivity contribution in [2.75, 3.05) is 26.5 Å². The third-order valence-electron chi connectivity index (χ3n) is 3.21. The molecule has 0 aliphatic carbocycles. The van der Waals surface area contributed by atoms with Gasteiger partial charge in [-0.25, -0.2) is 0 Å². The summed E-state index contributed by atoms with van der Waals surface area (Å²) in [6.07, 6.45) is 4.53. The van der Waals surface area contributed by atoms with Gasteiger partial charge in [0.1, 0.15) is 5.75 Å². The first kappa shape index (κ1) is 11.8. The smallest absolute Gasteiger partial charge is 0.135 e. The number of para-hydroxylation sites is 1. The second kappa shape index (κ2) is 5.60. The zero-order valence-corrected chi connectivity index (χ0v) is 10.8. The lowest BCUT2D eigenvalue weighted by Gasteiger charge is -2.25. The Bertz CT molecular complexity index is 348. The number of benzene rings is 1. The van der Waals surface area contributed by atoms with Gasteiger partial charge in [0.15, 0.2) is 0 Å². The maximum Gasteiger partial charge on any atom is 0.135 e. The first-order valence-corrected chi connectivity index (χ1v) is 7.01. The molecular weight excluding hydrogens is 218 g/mol. The Morgan fingerprint density at radius 3 is 2.69 bits per heavy atom. The van der Waals surface area contributed by atoms with Crippen molar-refractivity contribution in [3.05, 3.63) is 23.8 Å². The average molecular weight is 237 g/mol. The Balaban J connectivity index is 2.30. The Hall–Kier alpha value is -0.670. The maximum atomic E-state index is 5.58. The highest BCUT2D eigenvalue weighted by Gasteiger charge is 2.20. The van der Waals surface area contributed by atoms with Crippen molar-refractivity contribution in [2.45, 2.75) is 23.7 Å². The molecule has 1 aliphatic rings. The van der Waals surface area contributed by atoms with Gasteiger partial charge in [-0.2, -0.15) is 0 Å². The largest absolute Gasteiger partial charge is 0.495 e. The number of ether oxygens (including phenoxy) is 1. The number of thioether (sulfide) groups is 1. The summed E-state index contributed by atoms with van der Waals surface area (Å²) in [4.78, 5) is 1.25. The summed E-state index contributed by atoms with van der Waals surface area (Å²) in [5, 5.41) is 3.40. The molecule has 1 fully saturated rings. The molecule has 0 unspecified atom stereocenters. The van der Waals surface area contributed by atoms with E-state index in [4.69, 9.17) is 4.74 Å². The summed E-state index contributed by atoms with van der Waals surface area (Å²) in [5.41, 5.74) is 1.39. The fourth-order valence-electron chi connectivity index (χ4n) is 2.37. The first-order valence-electron chi connectivity index (χ1n) is 5.78. The number of nitrogens with one attached hydrogen (secondary N) is 1. The normalized spacial score (nSPS) is 17.4. The van der Waals surface area contributed by atoms with Gasteiger partial charge in [0.25, 0.3) is 0 Å². The minimum Gasteiger partial charge on any atom is -0.495 e. The van der Waals surface area contributed by atoms with E-state index in [1.165, 1.54) is 23.3 Å². The van der Waals surface area contributed by atoms with Crippen molar-refractivity contribution >= 4 is 11.8 Å². The minimum atomic E-state index is 0.656. The van der Waals surface area contributed by atoms with Crippen LogP contribution in [0.5, 0.6) is 5.75 Å². The van der Waals surface area contributed by atoms with Crippen LogP contribution in [0.15, 0.2) is 23.1 Å². The SMILES string of the molecule is COc1c(SC)cccc1C1CCNCC1. The minimum absolute atomic E-state index is 0.656. The molecule has 0 atom stereocenters. The molecule has 1 N–H and O–H groups in total. The summed E-state index contributed by atoms with van der Waals surface area (Å²) >= 11 is 1.76. The highest BCUT2D eigenvalue weighted by atomic mass is 32.2. The number of piperidine rings is 1. The molecule has 88 valence electrons. The summed E-state index contributed by atoms with van der Waals surface area (Å²) in [6.45, 7) is 2.24. The molecule has 2 nitrogen and oxygen atoms in total. The van der Waals surface area contributed by atoms with Crippen molar-refractivity contribution in [3.63, 3.8) is 0 Å². The molecule has 0 saturated carbocycles. The van der Waals surface area contributed by atoms with Gasteiger partial charge >= 0.3 is 0 Å². The Labute approximate surface area is 102 Å². The number of methoxy groups -OCH3 is 1. The maximum absolute atomic E-state index is 5.58. The lowest BCUT2D eigenvalue weighted by Crippen LogP contribution is -2.26. The molecule has 0 amide bonds. The molecular formula is C13H19NOS. The van der Waals surface area contributed by atoms with Crippen LogP contribution in [0, 0.1) is 0 Å².